The molecule has 1 saturated heterocycles. The first-order valence-electron chi connectivity index (χ1n) is 11.8. The molecule has 22 heteroatoms. The number of aliphatic carboxylic acids is 1. The molecule has 0 spiro atoms. The van der Waals surface area contributed by atoms with E-state index >= 15 is 0 Å². The summed E-state index contributed by atoms with van der Waals surface area (Å²) in [6.07, 6.45) is 2.36. The summed E-state index contributed by atoms with van der Waals surface area (Å²) in [5.41, 5.74) is 3.57. The quantitative estimate of drug-likeness (QED) is 0.0532. The number of allylic oxidation sites excluding steroid dienone is 1. The summed E-state index contributed by atoms with van der Waals surface area (Å²) in [6, 6.07) is -1.05. The second-order valence-electron chi connectivity index (χ2n) is 8.61. The van der Waals surface area contributed by atoms with Crippen molar-refractivity contribution in [2.45, 2.75) is 23.1 Å². The van der Waals surface area contributed by atoms with Gasteiger partial charge in [-0.1, -0.05) is 16.9 Å². The molecule has 0 aliphatic carbocycles. The van der Waals surface area contributed by atoms with Crippen molar-refractivity contribution in [1.29, 1.82) is 0 Å². The molecule has 0 bridgehead atoms. The van der Waals surface area contributed by atoms with Gasteiger partial charge in [0.15, 0.2) is 16.0 Å². The number of carboxylic acid groups (broad SMARTS) is 1. The van der Waals surface area contributed by atoms with E-state index in [-0.39, 0.29) is 51.8 Å². The predicted molar refractivity (Wildman–Crippen MR) is 157 cm³/mol. The standard InChI is InChI=1S/C21H23N9O9S4/c1-39-28-11(10-8-42-20(22)24-10)14(31)25-12-16(33)30-13(19(35)36)9(7-41-18(12)30)3-6-40-21-27-26-15(32)17(34)29(21)5-4-23-43(2,37)38/h3,6,8,12,18,23H,4-5,7H2,1-2H3,(H2,22,24)(H,25,31)(H,26,32)(H,35,36)/b6-3+,28-11-. The summed E-state index contributed by atoms with van der Waals surface area (Å²) in [7, 11) is -2.31. The van der Waals surface area contributed by atoms with E-state index in [0.717, 1.165) is 38.8 Å². The van der Waals surface area contributed by atoms with Crippen molar-refractivity contribution in [2.75, 3.05) is 31.4 Å². The monoisotopic (exact) mass is 673 g/mol. The van der Waals surface area contributed by atoms with Crippen LogP contribution in [0.25, 0.3) is 0 Å². The molecular formula is C21H23N9O9S4. The Morgan fingerprint density at radius 2 is 2.12 bits per heavy atom. The number of carbonyl (C=O) groups is 3. The van der Waals surface area contributed by atoms with Gasteiger partial charge < -0.3 is 21.0 Å². The van der Waals surface area contributed by atoms with Crippen molar-refractivity contribution in [3.05, 3.63) is 54.5 Å². The highest BCUT2D eigenvalue weighted by atomic mass is 32.2. The third-order valence-corrected chi connectivity index (χ3v) is 9.21. The Labute approximate surface area is 254 Å². The van der Waals surface area contributed by atoms with Crippen LogP contribution in [0.4, 0.5) is 5.13 Å². The van der Waals surface area contributed by atoms with E-state index < -0.39 is 50.3 Å². The lowest BCUT2D eigenvalue weighted by Gasteiger charge is -2.49. The highest BCUT2D eigenvalue weighted by Gasteiger charge is 2.54. The summed E-state index contributed by atoms with van der Waals surface area (Å²) in [5, 5.41) is 24.4. The van der Waals surface area contributed by atoms with Crippen LogP contribution in [0.2, 0.25) is 0 Å². The number of hydrogen-bond donors (Lipinski definition) is 5. The molecule has 2 unspecified atom stereocenters. The molecule has 2 aliphatic heterocycles. The molecule has 4 rings (SSSR count). The van der Waals surface area contributed by atoms with Gasteiger partial charge in [0.05, 0.1) is 6.26 Å². The summed E-state index contributed by atoms with van der Waals surface area (Å²) in [5.74, 6) is -2.66. The lowest BCUT2D eigenvalue weighted by atomic mass is 10.0. The second kappa shape index (κ2) is 13.1. The third kappa shape index (κ3) is 7.15. The number of aromatic nitrogens is 4. The van der Waals surface area contributed by atoms with E-state index in [1.807, 2.05) is 0 Å². The third-order valence-electron chi connectivity index (χ3n) is 5.71. The van der Waals surface area contributed by atoms with Gasteiger partial charge in [0.1, 0.15) is 29.9 Å². The topological polar surface area (TPSA) is 261 Å². The lowest BCUT2D eigenvalue weighted by Crippen LogP contribution is -2.71. The molecule has 43 heavy (non-hydrogen) atoms. The zero-order chi connectivity index (χ0) is 31.5. The fraction of sp³-hybridized carbons (Fsp3) is 0.333. The van der Waals surface area contributed by atoms with Crippen molar-refractivity contribution in [3.63, 3.8) is 0 Å². The summed E-state index contributed by atoms with van der Waals surface area (Å²) < 4.78 is 25.9. The molecule has 230 valence electrons. The molecule has 2 amide bonds. The Balaban J connectivity index is 1.50. The van der Waals surface area contributed by atoms with E-state index in [4.69, 9.17) is 10.6 Å². The number of β-lactam (4-membered cyclic amide) rings is 1. The zero-order valence-electron chi connectivity index (χ0n) is 22.2. The smallest absolute Gasteiger partial charge is 0.352 e. The Hall–Kier alpha value is -3.99. The minimum Gasteiger partial charge on any atom is -0.477 e. The van der Waals surface area contributed by atoms with Gasteiger partial charge in [-0.05, 0) is 17.1 Å². The molecule has 4 heterocycles. The molecule has 0 saturated carbocycles. The maximum Gasteiger partial charge on any atom is 0.352 e. The molecule has 2 atom stereocenters. The number of nitrogens with one attached hydrogen (secondary N) is 3. The Bertz CT molecular complexity index is 1780. The number of hydrogen-bond acceptors (Lipinski definition) is 15. The van der Waals surface area contributed by atoms with Gasteiger partial charge in [0.25, 0.3) is 11.8 Å². The van der Waals surface area contributed by atoms with Crippen molar-refractivity contribution in [2.24, 2.45) is 5.16 Å². The van der Waals surface area contributed by atoms with Crippen molar-refractivity contribution >= 4 is 73.5 Å². The first-order chi connectivity index (χ1) is 20.3. The number of sulfonamides is 1. The molecule has 2 aliphatic rings. The molecule has 1 fully saturated rings. The normalized spacial score (nSPS) is 18.9. The number of H-pyrrole nitrogens is 1. The van der Waals surface area contributed by atoms with Gasteiger partial charge in [-0.25, -0.2) is 28.0 Å². The van der Waals surface area contributed by atoms with Crippen molar-refractivity contribution < 1.29 is 32.7 Å². The average Bonchev–Trinajstić information content (AvgIpc) is 3.37. The summed E-state index contributed by atoms with van der Waals surface area (Å²) in [6.45, 7) is -0.374. The molecular weight excluding hydrogens is 651 g/mol. The van der Waals surface area contributed by atoms with Crippen LogP contribution in [0.3, 0.4) is 0 Å². The fourth-order valence-electron chi connectivity index (χ4n) is 3.90. The van der Waals surface area contributed by atoms with E-state index in [0.29, 0.717) is 0 Å². The maximum absolute atomic E-state index is 13.0. The van der Waals surface area contributed by atoms with Crippen LogP contribution in [0.15, 0.2) is 48.0 Å². The summed E-state index contributed by atoms with van der Waals surface area (Å²) >= 11 is 3.15. The number of rotatable bonds is 12. The van der Waals surface area contributed by atoms with Gasteiger partial charge in [0.2, 0.25) is 10.0 Å². The van der Waals surface area contributed by atoms with E-state index in [9.17, 15) is 37.5 Å². The fourth-order valence-corrected chi connectivity index (χ4v) is 6.98. The highest BCUT2D eigenvalue weighted by Crippen LogP contribution is 2.41. The van der Waals surface area contributed by atoms with Crippen LogP contribution < -0.4 is 26.9 Å². The number of carboxylic acids is 1. The van der Waals surface area contributed by atoms with Crippen LogP contribution in [0.5, 0.6) is 0 Å². The number of thiazole rings is 1. The number of fused-ring (bicyclic) bond motifs is 1. The number of aromatic amines is 1. The first kappa shape index (κ1) is 31.9. The van der Waals surface area contributed by atoms with Crippen LogP contribution in [-0.4, -0.2) is 98.7 Å². The minimum absolute atomic E-state index is 0.00756. The van der Waals surface area contributed by atoms with Crippen LogP contribution in [0, 0.1) is 0 Å². The van der Waals surface area contributed by atoms with E-state index in [2.05, 4.69) is 30.4 Å². The molecule has 2 aromatic heterocycles. The number of nitrogens with zero attached hydrogens (tertiary/aromatic N) is 5. The van der Waals surface area contributed by atoms with Gasteiger partial charge in [0, 0.05) is 24.2 Å². The molecule has 2 aromatic rings. The zero-order valence-corrected chi connectivity index (χ0v) is 25.4. The van der Waals surface area contributed by atoms with Gasteiger partial charge in [-0.3, -0.25) is 28.6 Å². The number of anilines is 1. The lowest BCUT2D eigenvalue weighted by molar-refractivity contribution is -0.150. The Morgan fingerprint density at radius 1 is 1.37 bits per heavy atom. The number of oxime groups is 1. The highest BCUT2D eigenvalue weighted by molar-refractivity contribution is 8.02. The van der Waals surface area contributed by atoms with E-state index in [1.54, 1.807) is 0 Å². The minimum atomic E-state index is -3.54. The molecule has 6 N–H and O–H groups in total. The average molecular weight is 674 g/mol. The largest absolute Gasteiger partial charge is 0.477 e. The molecule has 18 nitrogen and oxygen atoms in total. The van der Waals surface area contributed by atoms with Crippen molar-refractivity contribution in [3.8, 4) is 0 Å². The molecule has 0 aromatic carbocycles. The predicted octanol–water partition coefficient (Wildman–Crippen LogP) is -2.09. The maximum atomic E-state index is 13.0. The van der Waals surface area contributed by atoms with Crippen LogP contribution in [0.1, 0.15) is 5.69 Å². The number of thioether (sulfide) groups is 2. The van der Waals surface area contributed by atoms with Crippen LogP contribution >= 0.6 is 34.9 Å². The molecule has 0 radical (unpaired) electrons. The number of carbonyl (C=O) groups excluding carboxylic acids is 2. The van der Waals surface area contributed by atoms with Gasteiger partial charge in [-0.2, -0.15) is 0 Å². The SMILES string of the molecule is CO/N=C(\C(=O)NC1C(=O)N2C(C(=O)O)=C(/C=C/Sc3n[nH]c(=O)c(=O)n3CCNS(C)(=O)=O)CSC12)c1csc(N)n1. The number of nitrogen functional groups attached to an aromatic ring is 1. The Morgan fingerprint density at radius 3 is 2.74 bits per heavy atom. The first-order valence-corrected chi connectivity index (χ1v) is 16.5. The number of nitrogens with two attached hydrogens (primary N) is 1. The Kier molecular flexibility index (Phi) is 9.74. The second-order valence-corrected chi connectivity index (χ2v) is 13.3. The summed E-state index contributed by atoms with van der Waals surface area (Å²) in [4.78, 5) is 72.0. The van der Waals surface area contributed by atoms with E-state index in [1.165, 1.54) is 35.7 Å². The van der Waals surface area contributed by atoms with Gasteiger partial charge in [-0.15, -0.1) is 28.2 Å². The van der Waals surface area contributed by atoms with Crippen LogP contribution in [-0.2, 0) is 35.8 Å². The number of amides is 2. The van der Waals surface area contributed by atoms with Crippen molar-refractivity contribution in [1.82, 2.24) is 34.7 Å². The van der Waals surface area contributed by atoms with Gasteiger partial charge >= 0.3 is 17.1 Å².